The first kappa shape index (κ1) is 11.7. The first-order chi connectivity index (χ1) is 8.11. The maximum atomic E-state index is 13.0. The summed E-state index contributed by atoms with van der Waals surface area (Å²) in [6.45, 7) is -0.207. The van der Waals surface area contributed by atoms with E-state index in [2.05, 4.69) is 10.2 Å². The van der Waals surface area contributed by atoms with Crippen molar-refractivity contribution in [2.24, 2.45) is 7.05 Å². The summed E-state index contributed by atoms with van der Waals surface area (Å²) in [4.78, 5) is 0. The Kier molecular flexibility index (Phi) is 3.14. The highest BCUT2D eigenvalue weighted by Crippen LogP contribution is 2.12. The van der Waals surface area contributed by atoms with Crippen LogP contribution < -0.4 is 0 Å². The number of rotatable bonds is 3. The molecule has 0 radical (unpaired) electrons. The van der Waals surface area contributed by atoms with Crippen LogP contribution in [-0.2, 0) is 20.1 Å². The Bertz CT molecular complexity index is 540. The number of aliphatic hydroxyl groups excluding tert-OH is 1. The molecule has 0 unspecified atom stereocenters. The molecule has 1 aromatic carbocycles. The van der Waals surface area contributed by atoms with Crippen LogP contribution in [0.25, 0.3) is 0 Å². The van der Waals surface area contributed by atoms with Crippen LogP contribution in [0, 0.1) is 11.6 Å². The fourth-order valence-electron chi connectivity index (χ4n) is 1.52. The second-order valence-electron chi connectivity index (χ2n) is 3.67. The normalized spacial score (nSPS) is 10.8. The lowest BCUT2D eigenvalue weighted by atomic mass is 10.1. The third-order valence-corrected chi connectivity index (χ3v) is 2.54. The summed E-state index contributed by atoms with van der Waals surface area (Å²) in [5, 5.41) is 16.6. The molecule has 0 bridgehead atoms. The molecule has 17 heavy (non-hydrogen) atoms. The molecule has 90 valence electrons. The fourth-order valence-corrected chi connectivity index (χ4v) is 1.52. The molecule has 0 aliphatic heterocycles. The van der Waals surface area contributed by atoms with E-state index >= 15 is 0 Å². The zero-order chi connectivity index (χ0) is 12.4. The summed E-state index contributed by atoms with van der Waals surface area (Å²) in [6.07, 6.45) is 0.334. The molecule has 1 aromatic heterocycles. The van der Waals surface area contributed by atoms with E-state index in [0.717, 1.165) is 12.1 Å². The number of benzene rings is 1. The molecular weight excluding hydrogens is 228 g/mol. The summed E-state index contributed by atoms with van der Waals surface area (Å²) >= 11 is 0. The third kappa shape index (κ3) is 2.31. The van der Waals surface area contributed by atoms with Crippen molar-refractivity contribution in [2.45, 2.75) is 13.0 Å². The Morgan fingerprint density at radius 2 is 1.88 bits per heavy atom. The predicted molar refractivity (Wildman–Crippen MR) is 56.1 cm³/mol. The van der Waals surface area contributed by atoms with Crippen LogP contribution in [0.4, 0.5) is 8.78 Å². The molecule has 0 amide bonds. The van der Waals surface area contributed by atoms with Gasteiger partial charge in [0.1, 0.15) is 12.4 Å². The minimum Gasteiger partial charge on any atom is -0.388 e. The van der Waals surface area contributed by atoms with E-state index in [4.69, 9.17) is 5.11 Å². The summed E-state index contributed by atoms with van der Waals surface area (Å²) in [7, 11) is 1.71. The smallest absolute Gasteiger partial charge is 0.159 e. The standard InChI is InChI=1S/C11H11F2N3O/c1-16-10(14-15-11(16)6-17)5-7-2-3-8(12)9(13)4-7/h2-4,17H,5-6H2,1H3. The Hall–Kier alpha value is -1.82. The highest BCUT2D eigenvalue weighted by molar-refractivity contribution is 5.21. The molecule has 0 fully saturated rings. The first-order valence-electron chi connectivity index (χ1n) is 5.03. The maximum absolute atomic E-state index is 13.0. The van der Waals surface area contributed by atoms with Crippen molar-refractivity contribution in [2.75, 3.05) is 0 Å². The maximum Gasteiger partial charge on any atom is 0.159 e. The molecule has 2 aromatic rings. The van der Waals surface area contributed by atoms with Crippen molar-refractivity contribution in [1.82, 2.24) is 14.8 Å². The Labute approximate surface area is 96.5 Å². The molecule has 0 saturated heterocycles. The van der Waals surface area contributed by atoms with Gasteiger partial charge >= 0.3 is 0 Å². The number of aliphatic hydroxyl groups is 1. The summed E-state index contributed by atoms with van der Waals surface area (Å²) in [5.41, 5.74) is 0.601. The highest BCUT2D eigenvalue weighted by atomic mass is 19.2. The van der Waals surface area contributed by atoms with Crippen LogP contribution in [-0.4, -0.2) is 19.9 Å². The topological polar surface area (TPSA) is 50.9 Å². The van der Waals surface area contributed by atoms with Gasteiger partial charge in [0, 0.05) is 13.5 Å². The van der Waals surface area contributed by atoms with Gasteiger partial charge in [-0.15, -0.1) is 10.2 Å². The second-order valence-corrected chi connectivity index (χ2v) is 3.67. The third-order valence-electron chi connectivity index (χ3n) is 2.54. The van der Waals surface area contributed by atoms with E-state index in [1.165, 1.54) is 6.07 Å². The van der Waals surface area contributed by atoms with Gasteiger partial charge in [-0.2, -0.15) is 0 Å². The molecule has 1 heterocycles. The van der Waals surface area contributed by atoms with Crippen molar-refractivity contribution >= 4 is 0 Å². The van der Waals surface area contributed by atoms with Crippen molar-refractivity contribution < 1.29 is 13.9 Å². The number of nitrogens with zero attached hydrogens (tertiary/aromatic N) is 3. The second kappa shape index (κ2) is 4.58. The van der Waals surface area contributed by atoms with Gasteiger partial charge in [0.25, 0.3) is 0 Å². The summed E-state index contributed by atoms with van der Waals surface area (Å²) < 4.78 is 27.4. The molecule has 2 rings (SSSR count). The number of hydrogen-bond donors (Lipinski definition) is 1. The van der Waals surface area contributed by atoms with Crippen LogP contribution in [0.1, 0.15) is 17.2 Å². The van der Waals surface area contributed by atoms with Crippen LogP contribution in [0.5, 0.6) is 0 Å². The lowest BCUT2D eigenvalue weighted by molar-refractivity contribution is 0.266. The highest BCUT2D eigenvalue weighted by Gasteiger charge is 2.09. The monoisotopic (exact) mass is 239 g/mol. The number of halogens is 2. The average molecular weight is 239 g/mol. The lowest BCUT2D eigenvalue weighted by Gasteiger charge is -2.03. The largest absolute Gasteiger partial charge is 0.388 e. The molecule has 1 N–H and O–H groups in total. The van der Waals surface area contributed by atoms with Crippen molar-refractivity contribution in [1.29, 1.82) is 0 Å². The average Bonchev–Trinajstić information content (AvgIpc) is 2.65. The molecule has 0 atom stereocenters. The molecule has 6 heteroatoms. The quantitative estimate of drug-likeness (QED) is 0.874. The van der Waals surface area contributed by atoms with E-state index in [1.54, 1.807) is 11.6 Å². The number of aromatic nitrogens is 3. The SMILES string of the molecule is Cn1c(CO)nnc1Cc1ccc(F)c(F)c1. The van der Waals surface area contributed by atoms with Gasteiger partial charge in [-0.1, -0.05) is 6.07 Å². The van der Waals surface area contributed by atoms with Crippen molar-refractivity contribution in [3.05, 3.63) is 47.0 Å². The van der Waals surface area contributed by atoms with Crippen molar-refractivity contribution in [3.63, 3.8) is 0 Å². The Morgan fingerprint density at radius 1 is 1.18 bits per heavy atom. The lowest BCUT2D eigenvalue weighted by Crippen LogP contribution is -2.03. The van der Waals surface area contributed by atoms with Gasteiger partial charge in [0.05, 0.1) is 0 Å². The van der Waals surface area contributed by atoms with E-state index in [1.807, 2.05) is 0 Å². The van der Waals surface area contributed by atoms with Gasteiger partial charge in [0.2, 0.25) is 0 Å². The van der Waals surface area contributed by atoms with Gasteiger partial charge in [0.15, 0.2) is 17.5 Å². The summed E-state index contributed by atoms with van der Waals surface area (Å²) in [6, 6.07) is 3.70. The molecule has 0 saturated carbocycles. The van der Waals surface area contributed by atoms with Gasteiger partial charge in [-0.25, -0.2) is 8.78 Å². The zero-order valence-electron chi connectivity index (χ0n) is 9.19. The van der Waals surface area contributed by atoms with Gasteiger partial charge in [-0.3, -0.25) is 0 Å². The van der Waals surface area contributed by atoms with Crippen molar-refractivity contribution in [3.8, 4) is 0 Å². The van der Waals surface area contributed by atoms with Crippen LogP contribution in [0.2, 0.25) is 0 Å². The minimum atomic E-state index is -0.882. The Morgan fingerprint density at radius 3 is 2.47 bits per heavy atom. The molecule has 0 aliphatic carbocycles. The predicted octanol–water partition coefficient (Wildman–Crippen LogP) is 1.18. The van der Waals surface area contributed by atoms with E-state index in [9.17, 15) is 8.78 Å². The van der Waals surface area contributed by atoms with Crippen LogP contribution in [0.15, 0.2) is 18.2 Å². The van der Waals surface area contributed by atoms with E-state index < -0.39 is 11.6 Å². The Balaban J connectivity index is 2.25. The first-order valence-corrected chi connectivity index (χ1v) is 5.03. The minimum absolute atomic E-state index is 0.207. The molecule has 0 spiro atoms. The van der Waals surface area contributed by atoms with Gasteiger partial charge in [-0.05, 0) is 17.7 Å². The van der Waals surface area contributed by atoms with E-state index in [-0.39, 0.29) is 6.61 Å². The van der Waals surface area contributed by atoms with Gasteiger partial charge < -0.3 is 9.67 Å². The van der Waals surface area contributed by atoms with Crippen LogP contribution in [0.3, 0.4) is 0 Å². The molecule has 0 aliphatic rings. The van der Waals surface area contributed by atoms with E-state index in [0.29, 0.717) is 23.6 Å². The molecular formula is C11H11F2N3O. The fraction of sp³-hybridized carbons (Fsp3) is 0.273. The molecule has 4 nitrogen and oxygen atoms in total. The number of hydrogen-bond acceptors (Lipinski definition) is 3. The van der Waals surface area contributed by atoms with Crippen LogP contribution >= 0.6 is 0 Å². The zero-order valence-corrected chi connectivity index (χ0v) is 9.19. The summed E-state index contributed by atoms with van der Waals surface area (Å²) in [5.74, 6) is -0.738.